The predicted octanol–water partition coefficient (Wildman–Crippen LogP) is 3.77. The molecular formula is C21H17ClFNO6. The minimum absolute atomic E-state index is 0.0324. The summed E-state index contributed by atoms with van der Waals surface area (Å²) in [5.74, 6) is -1.56. The number of rotatable bonds is 7. The zero-order valence-corrected chi connectivity index (χ0v) is 16.9. The van der Waals surface area contributed by atoms with Gasteiger partial charge in [0.15, 0.2) is 23.8 Å². The second kappa shape index (κ2) is 9.41. The van der Waals surface area contributed by atoms with Crippen LogP contribution in [0.3, 0.4) is 0 Å². The van der Waals surface area contributed by atoms with Crippen molar-refractivity contribution in [2.75, 3.05) is 20.3 Å². The van der Waals surface area contributed by atoms with E-state index in [1.165, 1.54) is 37.5 Å². The van der Waals surface area contributed by atoms with Crippen molar-refractivity contribution in [3.63, 3.8) is 0 Å². The van der Waals surface area contributed by atoms with E-state index in [-0.39, 0.29) is 40.3 Å². The Morgan fingerprint density at radius 3 is 2.73 bits per heavy atom. The van der Waals surface area contributed by atoms with Crippen LogP contribution in [0, 0.1) is 5.82 Å². The molecule has 0 radical (unpaired) electrons. The van der Waals surface area contributed by atoms with E-state index in [1.807, 2.05) is 0 Å². The van der Waals surface area contributed by atoms with Crippen LogP contribution in [0.15, 0.2) is 47.1 Å². The molecule has 0 aliphatic carbocycles. The molecule has 0 unspecified atom stereocenters. The van der Waals surface area contributed by atoms with Gasteiger partial charge in [0.05, 0.1) is 24.3 Å². The van der Waals surface area contributed by atoms with E-state index in [1.54, 1.807) is 19.1 Å². The maximum atomic E-state index is 13.9. The zero-order chi connectivity index (χ0) is 21.7. The van der Waals surface area contributed by atoms with Crippen LogP contribution in [-0.4, -0.2) is 38.2 Å². The van der Waals surface area contributed by atoms with Gasteiger partial charge in [-0.3, -0.25) is 0 Å². The van der Waals surface area contributed by atoms with Crippen LogP contribution in [-0.2, 0) is 19.1 Å². The molecule has 1 aliphatic heterocycles. The van der Waals surface area contributed by atoms with Crippen LogP contribution in [0.2, 0.25) is 5.02 Å². The topological polar surface area (TPSA) is 83.4 Å². The molecule has 0 amide bonds. The molecule has 2 aromatic carbocycles. The van der Waals surface area contributed by atoms with Crippen LogP contribution in [0.1, 0.15) is 18.1 Å². The molecule has 0 saturated heterocycles. The van der Waals surface area contributed by atoms with Gasteiger partial charge in [0, 0.05) is 0 Å². The lowest BCUT2D eigenvalue weighted by molar-refractivity contribution is -0.143. The van der Waals surface area contributed by atoms with Crippen molar-refractivity contribution >= 4 is 35.5 Å². The molecule has 156 valence electrons. The summed E-state index contributed by atoms with van der Waals surface area (Å²) in [4.78, 5) is 27.6. The number of cyclic esters (lactones) is 1. The average molecular weight is 434 g/mol. The van der Waals surface area contributed by atoms with Gasteiger partial charge in [-0.25, -0.2) is 19.0 Å². The number of methoxy groups -OCH3 is 1. The number of halogens is 2. The van der Waals surface area contributed by atoms with Gasteiger partial charge in [-0.05, 0) is 42.8 Å². The van der Waals surface area contributed by atoms with E-state index in [0.717, 1.165) is 0 Å². The van der Waals surface area contributed by atoms with Gasteiger partial charge in [-0.2, -0.15) is 0 Å². The summed E-state index contributed by atoms with van der Waals surface area (Å²) in [6, 6.07) is 8.91. The Labute approximate surface area is 176 Å². The number of esters is 2. The summed E-state index contributed by atoms with van der Waals surface area (Å²) in [7, 11) is 1.24. The number of nitrogens with zero attached hydrogens (tertiary/aromatic N) is 1. The Hall–Kier alpha value is -3.39. The van der Waals surface area contributed by atoms with Crippen LogP contribution in [0.5, 0.6) is 11.5 Å². The van der Waals surface area contributed by atoms with Gasteiger partial charge < -0.3 is 18.9 Å². The summed E-state index contributed by atoms with van der Waals surface area (Å²) < 4.78 is 34.5. The van der Waals surface area contributed by atoms with Crippen LogP contribution in [0.4, 0.5) is 4.39 Å². The highest BCUT2D eigenvalue weighted by Gasteiger charge is 2.26. The van der Waals surface area contributed by atoms with E-state index in [9.17, 15) is 14.0 Å². The molecule has 0 aromatic heterocycles. The minimum Gasteiger partial charge on any atom is -0.490 e. The first-order valence-electron chi connectivity index (χ1n) is 8.86. The summed E-state index contributed by atoms with van der Waals surface area (Å²) in [6.45, 7) is 1.73. The summed E-state index contributed by atoms with van der Waals surface area (Å²) in [5.41, 5.74) is 0.517. The van der Waals surface area contributed by atoms with Crippen molar-refractivity contribution in [1.82, 2.24) is 0 Å². The molecule has 0 spiro atoms. The van der Waals surface area contributed by atoms with Gasteiger partial charge in [-0.15, -0.1) is 0 Å². The summed E-state index contributed by atoms with van der Waals surface area (Å²) in [5, 5.41) is 0.154. The number of aliphatic imine (C=N–C) groups is 1. The van der Waals surface area contributed by atoms with Crippen molar-refractivity contribution in [1.29, 1.82) is 0 Å². The Balaban J connectivity index is 1.93. The third-order valence-corrected chi connectivity index (χ3v) is 4.20. The monoisotopic (exact) mass is 433 g/mol. The van der Waals surface area contributed by atoms with Gasteiger partial charge in [0.2, 0.25) is 5.90 Å². The minimum atomic E-state index is -0.728. The third-order valence-electron chi connectivity index (χ3n) is 3.92. The molecule has 7 nitrogen and oxygen atoms in total. The molecular weight excluding hydrogens is 417 g/mol. The van der Waals surface area contributed by atoms with Crippen molar-refractivity contribution in [2.24, 2.45) is 4.99 Å². The van der Waals surface area contributed by atoms with Crippen LogP contribution >= 0.6 is 11.6 Å². The second-order valence-electron chi connectivity index (χ2n) is 5.94. The lowest BCUT2D eigenvalue weighted by Crippen LogP contribution is -2.13. The fourth-order valence-electron chi connectivity index (χ4n) is 2.58. The Morgan fingerprint density at radius 1 is 1.27 bits per heavy atom. The van der Waals surface area contributed by atoms with Gasteiger partial charge in [0.1, 0.15) is 5.82 Å². The van der Waals surface area contributed by atoms with E-state index in [4.69, 9.17) is 25.8 Å². The molecule has 0 atom stereocenters. The molecule has 2 aromatic rings. The van der Waals surface area contributed by atoms with E-state index in [2.05, 4.69) is 9.73 Å². The molecule has 0 fully saturated rings. The zero-order valence-electron chi connectivity index (χ0n) is 16.1. The SMILES string of the molecule is CCOc1cc(/C=C2/N=C(c3ccccc3F)OC2=O)cc(Cl)c1OCC(=O)OC. The van der Waals surface area contributed by atoms with Gasteiger partial charge in [-0.1, -0.05) is 23.7 Å². The number of carbonyl (C=O) groups is 2. The Morgan fingerprint density at radius 2 is 2.03 bits per heavy atom. The highest BCUT2D eigenvalue weighted by atomic mass is 35.5. The van der Waals surface area contributed by atoms with Gasteiger partial charge >= 0.3 is 11.9 Å². The molecule has 0 bridgehead atoms. The average Bonchev–Trinajstić information content (AvgIpc) is 3.07. The van der Waals surface area contributed by atoms with Crippen molar-refractivity contribution in [3.8, 4) is 11.5 Å². The first-order chi connectivity index (χ1) is 14.4. The number of carbonyl (C=O) groups excluding carboxylic acids is 2. The molecule has 0 saturated carbocycles. The van der Waals surface area contributed by atoms with E-state index in [0.29, 0.717) is 12.2 Å². The number of benzene rings is 2. The number of ether oxygens (including phenoxy) is 4. The standard InChI is InChI=1S/C21H17ClFNO6/c1-3-28-17-10-12(8-14(22)19(17)29-11-18(25)27-2)9-16-21(26)30-20(24-16)13-6-4-5-7-15(13)23/h4-10H,3,11H2,1-2H3/b16-9+. The smallest absolute Gasteiger partial charge is 0.363 e. The van der Waals surface area contributed by atoms with E-state index < -0.39 is 17.8 Å². The van der Waals surface area contributed by atoms with Crippen LogP contribution in [0.25, 0.3) is 6.08 Å². The summed E-state index contributed by atoms with van der Waals surface area (Å²) >= 11 is 6.28. The molecule has 3 rings (SSSR count). The Bertz CT molecular complexity index is 1050. The molecule has 9 heteroatoms. The van der Waals surface area contributed by atoms with Crippen molar-refractivity contribution in [2.45, 2.75) is 6.92 Å². The lowest BCUT2D eigenvalue weighted by Gasteiger charge is -2.13. The molecule has 1 aliphatic rings. The first kappa shape index (κ1) is 21.3. The fourth-order valence-corrected chi connectivity index (χ4v) is 2.85. The maximum absolute atomic E-state index is 13.9. The third kappa shape index (κ3) is 4.77. The highest BCUT2D eigenvalue weighted by Crippen LogP contribution is 2.37. The quantitative estimate of drug-likeness (QED) is 0.488. The largest absolute Gasteiger partial charge is 0.490 e. The molecule has 1 heterocycles. The second-order valence-corrected chi connectivity index (χ2v) is 6.35. The van der Waals surface area contributed by atoms with Crippen molar-refractivity contribution < 1.29 is 32.9 Å². The molecule has 0 N–H and O–H groups in total. The normalized spacial score (nSPS) is 14.3. The fraction of sp³-hybridized carbons (Fsp3) is 0.190. The summed E-state index contributed by atoms with van der Waals surface area (Å²) in [6.07, 6.45) is 1.43. The van der Waals surface area contributed by atoms with E-state index >= 15 is 0 Å². The predicted molar refractivity (Wildman–Crippen MR) is 107 cm³/mol. The van der Waals surface area contributed by atoms with Crippen molar-refractivity contribution in [3.05, 3.63) is 64.1 Å². The lowest BCUT2D eigenvalue weighted by atomic mass is 10.1. The maximum Gasteiger partial charge on any atom is 0.363 e. The number of hydrogen-bond acceptors (Lipinski definition) is 7. The Kier molecular flexibility index (Phi) is 6.68. The number of hydrogen-bond donors (Lipinski definition) is 0. The highest BCUT2D eigenvalue weighted by molar-refractivity contribution is 6.32. The first-order valence-corrected chi connectivity index (χ1v) is 9.24. The van der Waals surface area contributed by atoms with Gasteiger partial charge in [0.25, 0.3) is 0 Å². The molecule has 30 heavy (non-hydrogen) atoms. The van der Waals surface area contributed by atoms with Crippen LogP contribution < -0.4 is 9.47 Å².